The molecule has 4 nitrogen and oxygen atoms in total. The molecule has 0 fully saturated rings. The fraction of sp³-hybridized carbons (Fsp3) is 0.667. The van der Waals surface area contributed by atoms with E-state index in [1.54, 1.807) is 0 Å². The van der Waals surface area contributed by atoms with Gasteiger partial charge in [-0.2, -0.15) is 0 Å². The molecule has 0 saturated carbocycles. The Morgan fingerprint density at radius 3 is 2.94 bits per heavy atom. The Balaban J connectivity index is 1.78. The first kappa shape index (κ1) is 12.4. The summed E-state index contributed by atoms with van der Waals surface area (Å²) in [5, 5.41) is 7.82. The van der Waals surface area contributed by atoms with Crippen molar-refractivity contribution in [3.8, 4) is 0 Å². The van der Waals surface area contributed by atoms with Gasteiger partial charge in [0.05, 0.1) is 17.2 Å². The van der Waals surface area contributed by atoms with Gasteiger partial charge in [0.15, 0.2) is 5.96 Å². The van der Waals surface area contributed by atoms with Crippen molar-refractivity contribution in [1.29, 1.82) is 0 Å². The average Bonchev–Trinajstić information content (AvgIpc) is 2.85. The van der Waals surface area contributed by atoms with Gasteiger partial charge in [0.1, 0.15) is 0 Å². The minimum Gasteiger partial charge on any atom is -0.356 e. The fourth-order valence-corrected chi connectivity index (χ4v) is 2.89. The Hall–Kier alpha value is -1.10. The van der Waals surface area contributed by atoms with Crippen LogP contribution in [0.1, 0.15) is 29.4 Å². The molecule has 0 spiro atoms. The molecule has 1 aliphatic rings. The molecule has 0 radical (unpaired) electrons. The monoisotopic (exact) mass is 252 g/mol. The van der Waals surface area contributed by atoms with Crippen LogP contribution in [0.4, 0.5) is 0 Å². The lowest BCUT2D eigenvalue weighted by Crippen LogP contribution is -2.38. The molecule has 2 heterocycles. The van der Waals surface area contributed by atoms with Crippen LogP contribution in [-0.4, -0.2) is 30.1 Å². The highest BCUT2D eigenvalue weighted by molar-refractivity contribution is 7.11. The second kappa shape index (κ2) is 5.49. The summed E-state index contributed by atoms with van der Waals surface area (Å²) in [6.07, 6.45) is 2.00. The summed E-state index contributed by atoms with van der Waals surface area (Å²) in [7, 11) is 0. The van der Waals surface area contributed by atoms with Crippen LogP contribution < -0.4 is 10.6 Å². The number of aliphatic imine (C=N–C) groups is 1. The zero-order valence-electron chi connectivity index (χ0n) is 10.7. The fourth-order valence-electron chi connectivity index (χ4n) is 1.87. The summed E-state index contributed by atoms with van der Waals surface area (Å²) >= 11 is 1.81. The van der Waals surface area contributed by atoms with Gasteiger partial charge in [-0.1, -0.05) is 6.92 Å². The lowest BCUT2D eigenvalue weighted by atomic mass is 10.3. The summed E-state index contributed by atoms with van der Waals surface area (Å²) in [6.45, 7) is 8.21. The summed E-state index contributed by atoms with van der Waals surface area (Å²) in [5.74, 6) is 0.932. The van der Waals surface area contributed by atoms with Gasteiger partial charge in [0.25, 0.3) is 0 Å². The molecule has 1 atom stereocenters. The van der Waals surface area contributed by atoms with Crippen LogP contribution in [-0.2, 0) is 12.8 Å². The van der Waals surface area contributed by atoms with Crippen molar-refractivity contribution in [1.82, 2.24) is 15.6 Å². The Labute approximate surface area is 107 Å². The second-order valence-corrected chi connectivity index (χ2v) is 5.66. The molecule has 0 amide bonds. The Morgan fingerprint density at radius 2 is 2.35 bits per heavy atom. The van der Waals surface area contributed by atoms with E-state index in [4.69, 9.17) is 0 Å². The maximum absolute atomic E-state index is 4.63. The van der Waals surface area contributed by atoms with Gasteiger partial charge < -0.3 is 10.6 Å². The van der Waals surface area contributed by atoms with Crippen LogP contribution in [0, 0.1) is 6.92 Å². The molecule has 5 heteroatoms. The number of aromatic nitrogens is 1. The molecular weight excluding hydrogens is 232 g/mol. The van der Waals surface area contributed by atoms with Crippen molar-refractivity contribution in [2.24, 2.45) is 4.99 Å². The largest absolute Gasteiger partial charge is 0.356 e. The standard InChI is InChI=1S/C12H20N4S/c1-4-10-9(3)17-11(16-10)5-6-13-12-14-7-8(2)15-12/h8H,4-7H2,1-3H3,(H2,13,14,15). The maximum atomic E-state index is 4.63. The van der Waals surface area contributed by atoms with Crippen molar-refractivity contribution in [3.63, 3.8) is 0 Å². The minimum absolute atomic E-state index is 0.464. The number of nitrogens with one attached hydrogen (secondary N) is 2. The number of rotatable bonds is 4. The van der Waals surface area contributed by atoms with E-state index in [2.05, 4.69) is 41.4 Å². The van der Waals surface area contributed by atoms with Crippen molar-refractivity contribution in [2.75, 3.05) is 13.1 Å². The third-order valence-corrected chi connectivity index (χ3v) is 3.88. The number of aryl methyl sites for hydroxylation is 2. The van der Waals surface area contributed by atoms with Gasteiger partial charge in [-0.25, -0.2) is 4.98 Å². The van der Waals surface area contributed by atoms with Crippen LogP contribution in [0.15, 0.2) is 4.99 Å². The van der Waals surface area contributed by atoms with Crippen LogP contribution in [0.5, 0.6) is 0 Å². The van der Waals surface area contributed by atoms with Gasteiger partial charge in [-0.3, -0.25) is 4.99 Å². The van der Waals surface area contributed by atoms with E-state index >= 15 is 0 Å². The predicted octanol–water partition coefficient (Wildman–Crippen LogP) is 1.49. The van der Waals surface area contributed by atoms with Gasteiger partial charge in [-0.15, -0.1) is 11.3 Å². The van der Waals surface area contributed by atoms with E-state index in [0.717, 1.165) is 31.9 Å². The van der Waals surface area contributed by atoms with E-state index in [-0.39, 0.29) is 0 Å². The topological polar surface area (TPSA) is 49.3 Å². The number of guanidine groups is 1. The zero-order valence-corrected chi connectivity index (χ0v) is 11.5. The molecule has 2 N–H and O–H groups in total. The van der Waals surface area contributed by atoms with Crippen LogP contribution >= 0.6 is 11.3 Å². The Bertz CT molecular complexity index is 411. The van der Waals surface area contributed by atoms with Gasteiger partial charge in [0.2, 0.25) is 0 Å². The Kier molecular flexibility index (Phi) is 3.99. The molecular formula is C12H20N4S. The number of hydrogen-bond acceptors (Lipinski definition) is 5. The summed E-state index contributed by atoms with van der Waals surface area (Å²) in [6, 6.07) is 0.464. The van der Waals surface area contributed by atoms with E-state index in [1.165, 1.54) is 15.6 Å². The number of nitrogens with zero attached hydrogens (tertiary/aromatic N) is 2. The molecule has 0 bridgehead atoms. The molecule has 0 saturated heterocycles. The molecule has 1 aromatic heterocycles. The number of hydrogen-bond donors (Lipinski definition) is 2. The predicted molar refractivity (Wildman–Crippen MR) is 72.8 cm³/mol. The summed E-state index contributed by atoms with van der Waals surface area (Å²) in [5.41, 5.74) is 1.25. The molecule has 94 valence electrons. The quantitative estimate of drug-likeness (QED) is 0.853. The van der Waals surface area contributed by atoms with Crippen LogP contribution in [0.3, 0.4) is 0 Å². The molecule has 1 unspecified atom stereocenters. The van der Waals surface area contributed by atoms with Crippen molar-refractivity contribution in [2.45, 2.75) is 39.7 Å². The summed E-state index contributed by atoms with van der Waals surface area (Å²) in [4.78, 5) is 10.3. The summed E-state index contributed by atoms with van der Waals surface area (Å²) < 4.78 is 0. The van der Waals surface area contributed by atoms with Gasteiger partial charge in [0, 0.05) is 23.9 Å². The normalized spacial score (nSPS) is 19.0. The average molecular weight is 252 g/mol. The van der Waals surface area contributed by atoms with E-state index < -0.39 is 0 Å². The van der Waals surface area contributed by atoms with E-state index in [1.807, 2.05) is 11.3 Å². The van der Waals surface area contributed by atoms with Crippen LogP contribution in [0.2, 0.25) is 0 Å². The first-order valence-corrected chi connectivity index (χ1v) is 7.00. The maximum Gasteiger partial charge on any atom is 0.191 e. The smallest absolute Gasteiger partial charge is 0.191 e. The molecule has 2 rings (SSSR count). The van der Waals surface area contributed by atoms with Gasteiger partial charge in [-0.05, 0) is 20.3 Å². The Morgan fingerprint density at radius 1 is 1.53 bits per heavy atom. The molecule has 1 aliphatic heterocycles. The van der Waals surface area contributed by atoms with Crippen molar-refractivity contribution >= 4 is 17.3 Å². The highest BCUT2D eigenvalue weighted by Gasteiger charge is 2.11. The highest BCUT2D eigenvalue weighted by atomic mass is 32.1. The minimum atomic E-state index is 0.464. The van der Waals surface area contributed by atoms with E-state index in [9.17, 15) is 0 Å². The second-order valence-electron chi connectivity index (χ2n) is 4.38. The van der Waals surface area contributed by atoms with E-state index in [0.29, 0.717) is 6.04 Å². The first-order chi connectivity index (χ1) is 8.19. The zero-order chi connectivity index (χ0) is 12.3. The lowest BCUT2D eigenvalue weighted by Gasteiger charge is -2.07. The SMILES string of the molecule is CCc1nc(CCNC2=NCC(C)N2)sc1C. The van der Waals surface area contributed by atoms with Crippen molar-refractivity contribution < 1.29 is 0 Å². The molecule has 1 aromatic rings. The highest BCUT2D eigenvalue weighted by Crippen LogP contribution is 2.17. The number of thiazole rings is 1. The third-order valence-electron chi connectivity index (χ3n) is 2.81. The van der Waals surface area contributed by atoms with Gasteiger partial charge >= 0.3 is 0 Å². The molecule has 0 aromatic carbocycles. The first-order valence-electron chi connectivity index (χ1n) is 6.19. The van der Waals surface area contributed by atoms with Crippen molar-refractivity contribution in [3.05, 3.63) is 15.6 Å². The lowest BCUT2D eigenvalue weighted by molar-refractivity contribution is 0.712. The van der Waals surface area contributed by atoms with Crippen LogP contribution in [0.25, 0.3) is 0 Å². The molecule has 17 heavy (non-hydrogen) atoms. The molecule has 0 aliphatic carbocycles. The third kappa shape index (κ3) is 3.19.